The molecule has 0 saturated heterocycles. The Kier molecular flexibility index (Phi) is 4.56. The summed E-state index contributed by atoms with van der Waals surface area (Å²) < 4.78 is 2.11. The van der Waals surface area contributed by atoms with Gasteiger partial charge in [0.25, 0.3) is 0 Å². The van der Waals surface area contributed by atoms with E-state index in [1.165, 1.54) is 52.9 Å². The highest BCUT2D eigenvalue weighted by Crippen LogP contribution is 2.38. The molecule has 3 aliphatic carbocycles. The normalized spacial score (nSPS) is 21.1. The van der Waals surface area contributed by atoms with Gasteiger partial charge in [0.15, 0.2) is 0 Å². The molecule has 0 N–H and O–H groups in total. The number of nitrogens with zero attached hydrogens (tertiary/aromatic N) is 3. The SMILES string of the molecule is CC1=C(c2nnn(C3=CC=CCC3)c2C2=C(C)CCC=C2)CCCC1. The Hall–Kier alpha value is -2.16. The Morgan fingerprint density at radius 3 is 2.52 bits per heavy atom. The molecule has 0 aromatic carbocycles. The Morgan fingerprint density at radius 1 is 0.920 bits per heavy atom. The summed E-state index contributed by atoms with van der Waals surface area (Å²) in [6, 6.07) is 0. The van der Waals surface area contributed by atoms with Crippen molar-refractivity contribution in [2.24, 2.45) is 0 Å². The molecule has 0 radical (unpaired) electrons. The molecule has 1 aromatic heterocycles. The molecule has 0 spiro atoms. The first-order valence-electron chi connectivity index (χ1n) is 9.63. The highest BCUT2D eigenvalue weighted by Gasteiger charge is 2.25. The average molecular weight is 333 g/mol. The third kappa shape index (κ3) is 3.08. The van der Waals surface area contributed by atoms with E-state index in [4.69, 9.17) is 5.10 Å². The predicted molar refractivity (Wildman–Crippen MR) is 105 cm³/mol. The molecule has 1 aromatic rings. The molecule has 0 unspecified atom stereocenters. The van der Waals surface area contributed by atoms with Gasteiger partial charge < -0.3 is 0 Å². The quantitative estimate of drug-likeness (QED) is 0.685. The summed E-state index contributed by atoms with van der Waals surface area (Å²) in [5, 5.41) is 9.32. The van der Waals surface area contributed by atoms with E-state index >= 15 is 0 Å². The molecule has 0 bridgehead atoms. The van der Waals surface area contributed by atoms with Crippen molar-refractivity contribution < 1.29 is 0 Å². The largest absolute Gasteiger partial charge is 0.216 e. The van der Waals surface area contributed by atoms with E-state index in [1.807, 2.05) is 0 Å². The molecule has 0 fully saturated rings. The van der Waals surface area contributed by atoms with Crippen molar-refractivity contribution in [3.63, 3.8) is 0 Å². The van der Waals surface area contributed by atoms with Gasteiger partial charge in [-0.05, 0) is 76.9 Å². The smallest absolute Gasteiger partial charge is 0.117 e. The maximum atomic E-state index is 4.70. The Bertz CT molecular complexity index is 827. The van der Waals surface area contributed by atoms with Gasteiger partial charge in [0.2, 0.25) is 0 Å². The van der Waals surface area contributed by atoms with Crippen LogP contribution < -0.4 is 0 Å². The van der Waals surface area contributed by atoms with Gasteiger partial charge in [-0.2, -0.15) is 0 Å². The molecule has 0 aliphatic heterocycles. The molecule has 0 atom stereocenters. The summed E-state index contributed by atoms with van der Waals surface area (Å²) in [6.45, 7) is 4.54. The molecule has 0 saturated carbocycles. The van der Waals surface area contributed by atoms with Crippen LogP contribution in [0.2, 0.25) is 0 Å². The fraction of sp³-hybridized carbons (Fsp3) is 0.455. The highest BCUT2D eigenvalue weighted by atomic mass is 15.4. The van der Waals surface area contributed by atoms with Crippen LogP contribution in [0.25, 0.3) is 16.8 Å². The van der Waals surface area contributed by atoms with E-state index in [9.17, 15) is 0 Å². The number of hydrogen-bond acceptors (Lipinski definition) is 2. The molecule has 0 amide bonds. The number of allylic oxidation sites excluding steroid dienone is 10. The van der Waals surface area contributed by atoms with E-state index in [2.05, 4.69) is 54.1 Å². The topological polar surface area (TPSA) is 30.7 Å². The minimum absolute atomic E-state index is 1.03. The first kappa shape index (κ1) is 16.3. The highest BCUT2D eigenvalue weighted by molar-refractivity contribution is 5.85. The van der Waals surface area contributed by atoms with Gasteiger partial charge in [0.05, 0.1) is 0 Å². The number of aromatic nitrogens is 3. The Morgan fingerprint density at radius 2 is 1.76 bits per heavy atom. The lowest BCUT2D eigenvalue weighted by atomic mass is 9.87. The molecule has 25 heavy (non-hydrogen) atoms. The van der Waals surface area contributed by atoms with Crippen molar-refractivity contribution in [3.8, 4) is 0 Å². The van der Waals surface area contributed by atoms with Gasteiger partial charge in [0.1, 0.15) is 11.4 Å². The van der Waals surface area contributed by atoms with Crippen LogP contribution in [0, 0.1) is 0 Å². The Balaban J connectivity index is 1.91. The van der Waals surface area contributed by atoms with Crippen molar-refractivity contribution in [2.45, 2.75) is 65.2 Å². The van der Waals surface area contributed by atoms with Gasteiger partial charge in [-0.25, -0.2) is 4.68 Å². The summed E-state index contributed by atoms with van der Waals surface area (Å²) >= 11 is 0. The molecule has 1 heterocycles. The number of hydrogen-bond donors (Lipinski definition) is 0. The number of rotatable bonds is 3. The second-order valence-corrected chi connectivity index (χ2v) is 7.42. The van der Waals surface area contributed by atoms with Crippen LogP contribution in [0.1, 0.15) is 76.6 Å². The first-order valence-corrected chi connectivity index (χ1v) is 9.63. The summed E-state index contributed by atoms with van der Waals surface area (Å²) in [4.78, 5) is 0. The van der Waals surface area contributed by atoms with Gasteiger partial charge in [-0.15, -0.1) is 5.10 Å². The third-order valence-corrected chi connectivity index (χ3v) is 5.65. The summed E-state index contributed by atoms with van der Waals surface area (Å²) in [5.41, 5.74) is 9.29. The van der Waals surface area contributed by atoms with Gasteiger partial charge >= 0.3 is 0 Å². The Labute approximate surface area is 150 Å². The fourth-order valence-electron chi connectivity index (χ4n) is 4.13. The van der Waals surface area contributed by atoms with E-state index in [1.54, 1.807) is 0 Å². The first-order chi connectivity index (χ1) is 12.3. The van der Waals surface area contributed by atoms with E-state index in [0.717, 1.165) is 37.8 Å². The molecule has 4 rings (SSSR count). The maximum absolute atomic E-state index is 4.70. The van der Waals surface area contributed by atoms with E-state index in [-0.39, 0.29) is 0 Å². The predicted octanol–water partition coefficient (Wildman–Crippen LogP) is 5.94. The average Bonchev–Trinajstić information content (AvgIpc) is 3.08. The molecular formula is C22H27N3. The fourth-order valence-corrected chi connectivity index (χ4v) is 4.13. The van der Waals surface area contributed by atoms with Crippen molar-refractivity contribution in [1.29, 1.82) is 0 Å². The van der Waals surface area contributed by atoms with Crippen molar-refractivity contribution in [1.82, 2.24) is 15.0 Å². The van der Waals surface area contributed by atoms with Gasteiger partial charge in [0, 0.05) is 11.3 Å². The zero-order valence-corrected chi connectivity index (χ0v) is 15.4. The van der Waals surface area contributed by atoms with Crippen LogP contribution in [0.15, 0.2) is 41.5 Å². The zero-order valence-electron chi connectivity index (χ0n) is 15.4. The maximum Gasteiger partial charge on any atom is 0.117 e. The van der Waals surface area contributed by atoms with Crippen molar-refractivity contribution in [2.75, 3.05) is 0 Å². The minimum Gasteiger partial charge on any atom is -0.216 e. The second kappa shape index (κ2) is 6.99. The molecule has 3 nitrogen and oxygen atoms in total. The molecule has 130 valence electrons. The van der Waals surface area contributed by atoms with E-state index < -0.39 is 0 Å². The molecule has 3 heteroatoms. The van der Waals surface area contributed by atoms with Crippen molar-refractivity contribution >= 4 is 16.8 Å². The van der Waals surface area contributed by atoms with Crippen LogP contribution in [0.5, 0.6) is 0 Å². The van der Waals surface area contributed by atoms with Gasteiger partial charge in [-0.3, -0.25) is 0 Å². The minimum atomic E-state index is 1.03. The lowest BCUT2D eigenvalue weighted by Crippen LogP contribution is -2.08. The van der Waals surface area contributed by atoms with Crippen LogP contribution >= 0.6 is 0 Å². The van der Waals surface area contributed by atoms with Crippen LogP contribution in [-0.2, 0) is 0 Å². The molecule has 3 aliphatic rings. The third-order valence-electron chi connectivity index (χ3n) is 5.65. The standard InChI is InChI=1S/C22H27N3/c1-16-10-6-8-14-19(16)21-22(20-15-9-7-11-17(20)2)25(24-23-21)18-12-4-3-5-13-18/h3-4,9,12,15H,5-8,10-11,13-14H2,1-2H3. The van der Waals surface area contributed by atoms with E-state index in [0.29, 0.717) is 0 Å². The molecular weight excluding hydrogens is 306 g/mol. The van der Waals surface area contributed by atoms with Crippen LogP contribution in [0.4, 0.5) is 0 Å². The van der Waals surface area contributed by atoms with Crippen LogP contribution in [0.3, 0.4) is 0 Å². The lowest BCUT2D eigenvalue weighted by molar-refractivity contribution is 0.711. The zero-order chi connectivity index (χ0) is 17.2. The second-order valence-electron chi connectivity index (χ2n) is 7.42. The summed E-state index contributed by atoms with van der Waals surface area (Å²) in [5.74, 6) is 0. The monoisotopic (exact) mass is 333 g/mol. The summed E-state index contributed by atoms with van der Waals surface area (Å²) in [6.07, 6.45) is 20.4. The van der Waals surface area contributed by atoms with Crippen LogP contribution in [-0.4, -0.2) is 15.0 Å². The van der Waals surface area contributed by atoms with Crippen molar-refractivity contribution in [3.05, 3.63) is 52.9 Å². The lowest BCUT2D eigenvalue weighted by Gasteiger charge is -2.20. The van der Waals surface area contributed by atoms with Gasteiger partial charge in [-0.1, -0.05) is 40.7 Å². The summed E-state index contributed by atoms with van der Waals surface area (Å²) in [7, 11) is 0.